The number of aromatic nitrogens is 1. The lowest BCUT2D eigenvalue weighted by atomic mass is 10.1. The molecule has 0 aliphatic carbocycles. The number of hydrogen-bond acceptors (Lipinski definition) is 5. The minimum atomic E-state index is -0.395. The fraction of sp³-hybridized carbons (Fsp3) is 0.280. The van der Waals surface area contributed by atoms with E-state index in [1.54, 1.807) is 32.2 Å². The van der Waals surface area contributed by atoms with Crippen LogP contribution in [0.3, 0.4) is 0 Å². The maximum absolute atomic E-state index is 13.1. The number of nitrogens with zero attached hydrogens (tertiary/aromatic N) is 1. The van der Waals surface area contributed by atoms with Gasteiger partial charge < -0.3 is 24.1 Å². The highest BCUT2D eigenvalue weighted by molar-refractivity contribution is 5.97. The van der Waals surface area contributed by atoms with Gasteiger partial charge in [0.2, 0.25) is 5.91 Å². The van der Waals surface area contributed by atoms with Crippen molar-refractivity contribution < 1.29 is 23.8 Å². The summed E-state index contributed by atoms with van der Waals surface area (Å²) in [7, 11) is 3.10. The van der Waals surface area contributed by atoms with Crippen LogP contribution < -0.4 is 14.8 Å². The lowest BCUT2D eigenvalue weighted by Crippen LogP contribution is -2.21. The quantitative estimate of drug-likeness (QED) is 0.522. The molecule has 1 aromatic heterocycles. The minimum Gasteiger partial charge on any atom is -0.497 e. The predicted octanol–water partition coefficient (Wildman–Crippen LogP) is 4.60. The molecule has 1 N–H and O–H groups in total. The molecule has 7 heteroatoms. The average Bonchev–Trinajstić information content (AvgIpc) is 3.03. The van der Waals surface area contributed by atoms with Crippen molar-refractivity contribution in [3.63, 3.8) is 0 Å². The first kappa shape index (κ1) is 22.9. The van der Waals surface area contributed by atoms with Crippen LogP contribution in [0.15, 0.2) is 48.5 Å². The number of benzene rings is 2. The molecule has 0 aliphatic rings. The van der Waals surface area contributed by atoms with Crippen LogP contribution in [0.25, 0.3) is 11.3 Å². The summed E-state index contributed by atoms with van der Waals surface area (Å²) in [6.07, 6.45) is 0. The van der Waals surface area contributed by atoms with E-state index < -0.39 is 5.97 Å². The zero-order valence-electron chi connectivity index (χ0n) is 19.0. The number of esters is 1. The normalized spacial score (nSPS) is 10.5. The fourth-order valence-corrected chi connectivity index (χ4v) is 3.81. The van der Waals surface area contributed by atoms with E-state index in [1.165, 1.54) is 7.11 Å². The summed E-state index contributed by atoms with van der Waals surface area (Å²) in [5.74, 6) is 0.467. The van der Waals surface area contributed by atoms with Crippen LogP contribution >= 0.6 is 0 Å². The highest BCUT2D eigenvalue weighted by Crippen LogP contribution is 2.33. The second-order valence-electron chi connectivity index (χ2n) is 7.22. The van der Waals surface area contributed by atoms with Crippen LogP contribution in [-0.4, -0.2) is 37.3 Å². The summed E-state index contributed by atoms with van der Waals surface area (Å²) < 4.78 is 17.7. The summed E-state index contributed by atoms with van der Waals surface area (Å²) in [4.78, 5) is 25.7. The highest BCUT2D eigenvalue weighted by atomic mass is 16.5. The Morgan fingerprint density at radius 1 is 1.00 bits per heavy atom. The van der Waals surface area contributed by atoms with Gasteiger partial charge in [-0.2, -0.15) is 0 Å². The minimum absolute atomic E-state index is 0.0106. The van der Waals surface area contributed by atoms with Crippen molar-refractivity contribution in [3.8, 4) is 22.8 Å². The Morgan fingerprint density at radius 2 is 1.72 bits per heavy atom. The third-order valence-corrected chi connectivity index (χ3v) is 5.28. The molecule has 3 aromatic rings. The highest BCUT2D eigenvalue weighted by Gasteiger charge is 2.25. The van der Waals surface area contributed by atoms with Gasteiger partial charge in [0.15, 0.2) is 0 Å². The number of carbonyl (C=O) groups is 2. The topological polar surface area (TPSA) is 78.8 Å². The fourth-order valence-electron chi connectivity index (χ4n) is 3.81. The van der Waals surface area contributed by atoms with E-state index >= 15 is 0 Å². The van der Waals surface area contributed by atoms with Crippen molar-refractivity contribution in [2.75, 3.05) is 26.1 Å². The zero-order valence-corrected chi connectivity index (χ0v) is 19.0. The van der Waals surface area contributed by atoms with Crippen LogP contribution in [0, 0.1) is 13.8 Å². The molecular weight excluding hydrogens is 408 g/mol. The van der Waals surface area contributed by atoms with Gasteiger partial charge in [0.1, 0.15) is 18.0 Å². The van der Waals surface area contributed by atoms with Crippen LogP contribution in [0.5, 0.6) is 11.5 Å². The summed E-state index contributed by atoms with van der Waals surface area (Å²) in [5.41, 5.74) is 4.16. The smallest absolute Gasteiger partial charge is 0.340 e. The van der Waals surface area contributed by atoms with Gasteiger partial charge in [-0.1, -0.05) is 30.3 Å². The van der Waals surface area contributed by atoms with Gasteiger partial charge >= 0.3 is 5.97 Å². The van der Waals surface area contributed by atoms with E-state index in [0.717, 1.165) is 16.8 Å². The number of nitrogens with one attached hydrogen (secondary N) is 1. The molecule has 0 atom stereocenters. The maximum Gasteiger partial charge on any atom is 0.340 e. The third kappa shape index (κ3) is 4.61. The van der Waals surface area contributed by atoms with Crippen molar-refractivity contribution >= 4 is 17.6 Å². The van der Waals surface area contributed by atoms with Gasteiger partial charge in [-0.15, -0.1) is 0 Å². The largest absolute Gasteiger partial charge is 0.497 e. The van der Waals surface area contributed by atoms with Gasteiger partial charge in [-0.25, -0.2) is 4.79 Å². The Morgan fingerprint density at radius 3 is 2.34 bits per heavy atom. The van der Waals surface area contributed by atoms with Crippen LogP contribution in [0.1, 0.15) is 28.5 Å². The van der Waals surface area contributed by atoms with E-state index in [-0.39, 0.29) is 19.1 Å². The molecule has 0 unspecified atom stereocenters. The van der Waals surface area contributed by atoms with Crippen molar-refractivity contribution in [2.24, 2.45) is 0 Å². The summed E-state index contributed by atoms with van der Waals surface area (Å²) >= 11 is 0. The summed E-state index contributed by atoms with van der Waals surface area (Å²) in [6, 6.07) is 14.9. The molecule has 0 saturated carbocycles. The molecule has 0 spiro atoms. The van der Waals surface area contributed by atoms with E-state index in [2.05, 4.69) is 5.32 Å². The van der Waals surface area contributed by atoms with Crippen molar-refractivity contribution in [1.29, 1.82) is 0 Å². The number of rotatable bonds is 8. The lowest BCUT2D eigenvalue weighted by molar-refractivity contribution is -0.116. The van der Waals surface area contributed by atoms with Crippen LogP contribution in [0.4, 0.5) is 5.69 Å². The Bertz CT molecular complexity index is 1120. The molecule has 0 bridgehead atoms. The zero-order chi connectivity index (χ0) is 23.3. The first-order valence-electron chi connectivity index (χ1n) is 10.3. The molecule has 32 heavy (non-hydrogen) atoms. The molecular formula is C25H28N2O5. The number of amides is 1. The second-order valence-corrected chi connectivity index (χ2v) is 7.22. The third-order valence-electron chi connectivity index (χ3n) is 5.28. The van der Waals surface area contributed by atoms with Crippen LogP contribution in [-0.2, 0) is 16.1 Å². The number of carbonyl (C=O) groups excluding carboxylic acids is 2. The summed E-state index contributed by atoms with van der Waals surface area (Å²) in [5, 5.41) is 2.89. The lowest BCUT2D eigenvalue weighted by Gasteiger charge is -2.15. The molecule has 0 aliphatic heterocycles. The van der Waals surface area contributed by atoms with Crippen LogP contribution in [0.2, 0.25) is 0 Å². The van der Waals surface area contributed by atoms with Crippen molar-refractivity contribution in [2.45, 2.75) is 27.3 Å². The van der Waals surface area contributed by atoms with Gasteiger partial charge in [-0.3, -0.25) is 4.79 Å². The number of hydrogen-bond donors (Lipinski definition) is 1. The van der Waals surface area contributed by atoms with E-state index in [1.807, 2.05) is 48.7 Å². The Hall–Kier alpha value is -3.74. The van der Waals surface area contributed by atoms with E-state index in [9.17, 15) is 9.59 Å². The van der Waals surface area contributed by atoms with E-state index in [0.29, 0.717) is 28.4 Å². The maximum atomic E-state index is 13.1. The number of methoxy groups -OCH3 is 2. The molecule has 168 valence electrons. The van der Waals surface area contributed by atoms with Gasteiger partial charge in [-0.05, 0) is 44.0 Å². The van der Waals surface area contributed by atoms with Crippen molar-refractivity contribution in [1.82, 2.24) is 4.57 Å². The van der Waals surface area contributed by atoms with Gasteiger partial charge in [0.05, 0.1) is 37.8 Å². The average molecular weight is 437 g/mol. The second kappa shape index (κ2) is 10.0. The molecule has 2 aromatic carbocycles. The molecule has 3 rings (SSSR count). The van der Waals surface area contributed by atoms with Gasteiger partial charge in [0.25, 0.3) is 0 Å². The molecule has 7 nitrogen and oxygen atoms in total. The SMILES string of the molecule is CCOC(=O)c1c(C)c(-c2ccccc2)n(CC(=O)Nc2cc(OC)ccc2OC)c1C. The monoisotopic (exact) mass is 436 g/mol. The molecule has 0 radical (unpaired) electrons. The van der Waals surface area contributed by atoms with E-state index in [4.69, 9.17) is 14.2 Å². The predicted molar refractivity (Wildman–Crippen MR) is 123 cm³/mol. The first-order valence-corrected chi connectivity index (χ1v) is 10.3. The Balaban J connectivity index is 2.01. The molecule has 1 heterocycles. The summed E-state index contributed by atoms with van der Waals surface area (Å²) in [6.45, 7) is 5.76. The molecule has 0 fully saturated rings. The van der Waals surface area contributed by atoms with Crippen molar-refractivity contribution in [3.05, 3.63) is 65.4 Å². The Labute approximate surface area is 187 Å². The number of ether oxygens (including phenoxy) is 3. The number of anilines is 1. The molecule has 0 saturated heterocycles. The standard InChI is InChI=1S/C25H28N2O5/c1-6-32-25(29)23-16(2)24(18-10-8-7-9-11-18)27(17(23)3)15-22(28)26-20-14-19(30-4)12-13-21(20)31-5/h7-14H,6,15H2,1-5H3,(H,26,28). The van der Waals surface area contributed by atoms with Gasteiger partial charge in [0, 0.05) is 11.8 Å². The Kier molecular flexibility index (Phi) is 7.20. The first-order chi connectivity index (χ1) is 15.4. The molecule has 1 amide bonds.